The van der Waals surface area contributed by atoms with Gasteiger partial charge in [0.1, 0.15) is 0 Å². The smallest absolute Gasteiger partial charge is 0.0295 e. The van der Waals surface area contributed by atoms with Gasteiger partial charge in [-0.15, -0.1) is 0 Å². The molecular formula is C47H34. The number of fused-ring (bicyclic) bond motifs is 5. The molecule has 0 aromatic heterocycles. The zero-order valence-corrected chi connectivity index (χ0v) is 26.2. The summed E-state index contributed by atoms with van der Waals surface area (Å²) in [4.78, 5) is 0. The Labute approximate surface area is 276 Å². The maximum absolute atomic E-state index is 2.54. The van der Waals surface area contributed by atoms with Crippen molar-refractivity contribution in [3.63, 3.8) is 0 Å². The average Bonchev–Trinajstić information content (AvgIpc) is 3.40. The molecule has 47 heavy (non-hydrogen) atoms. The molecule has 0 heterocycles. The van der Waals surface area contributed by atoms with Gasteiger partial charge in [0.25, 0.3) is 0 Å². The number of benzene rings is 8. The molecule has 0 spiro atoms. The predicted octanol–water partition coefficient (Wildman–Crippen LogP) is 12.1. The van der Waals surface area contributed by atoms with E-state index in [1.54, 1.807) is 0 Å². The molecule has 1 aliphatic rings. The van der Waals surface area contributed by atoms with Crippen LogP contribution in [0, 0.1) is 0 Å². The summed E-state index contributed by atoms with van der Waals surface area (Å²) < 4.78 is 0. The standard InChI is InChI=1S/C47H34/c1-4-16-33(17-5-1)31-47(32-34-18-6-2-7-19-34)43-27-15-14-22-37(43)38-29-28-36(30-44(38)47)46-41-25-12-10-23-39(41)45(35-20-8-3-9-21-35)40-24-11-13-26-42(40)46/h1-30H,31-32H2. The van der Waals surface area contributed by atoms with E-state index in [1.807, 2.05) is 0 Å². The second-order valence-electron chi connectivity index (χ2n) is 12.9. The van der Waals surface area contributed by atoms with Crippen molar-refractivity contribution in [1.29, 1.82) is 0 Å². The zero-order valence-electron chi connectivity index (χ0n) is 26.2. The molecule has 0 heteroatoms. The minimum absolute atomic E-state index is 0.208. The molecule has 0 fully saturated rings. The van der Waals surface area contributed by atoms with Crippen LogP contribution in [0.4, 0.5) is 0 Å². The lowest BCUT2D eigenvalue weighted by atomic mass is 9.69. The molecular weight excluding hydrogens is 565 g/mol. The van der Waals surface area contributed by atoms with Gasteiger partial charge in [-0.2, -0.15) is 0 Å². The maximum Gasteiger partial charge on any atom is 0.0295 e. The largest absolute Gasteiger partial charge is 0.0622 e. The minimum atomic E-state index is -0.208. The Morgan fingerprint density at radius 2 is 0.745 bits per heavy atom. The fraction of sp³-hybridized carbons (Fsp3) is 0.0638. The molecule has 0 atom stereocenters. The average molecular weight is 599 g/mol. The predicted molar refractivity (Wildman–Crippen MR) is 199 cm³/mol. The van der Waals surface area contributed by atoms with Gasteiger partial charge in [-0.05, 0) is 96.1 Å². The second-order valence-corrected chi connectivity index (χ2v) is 12.9. The van der Waals surface area contributed by atoms with Gasteiger partial charge in [-0.1, -0.05) is 176 Å². The molecule has 222 valence electrons. The van der Waals surface area contributed by atoms with Crippen LogP contribution in [0.15, 0.2) is 182 Å². The quantitative estimate of drug-likeness (QED) is 0.167. The van der Waals surface area contributed by atoms with Gasteiger partial charge in [-0.3, -0.25) is 0 Å². The fourth-order valence-electron chi connectivity index (χ4n) is 8.30. The highest BCUT2D eigenvalue weighted by Crippen LogP contribution is 2.54. The first-order valence-corrected chi connectivity index (χ1v) is 16.6. The van der Waals surface area contributed by atoms with Crippen LogP contribution in [-0.2, 0) is 18.3 Å². The van der Waals surface area contributed by atoms with Gasteiger partial charge in [0.05, 0.1) is 0 Å². The molecule has 0 radical (unpaired) electrons. The van der Waals surface area contributed by atoms with Crippen LogP contribution < -0.4 is 0 Å². The van der Waals surface area contributed by atoms with Gasteiger partial charge in [0.15, 0.2) is 0 Å². The molecule has 0 N–H and O–H groups in total. The highest BCUT2D eigenvalue weighted by molar-refractivity contribution is 6.21. The first kappa shape index (κ1) is 27.6. The Morgan fingerprint density at radius 3 is 1.30 bits per heavy atom. The highest BCUT2D eigenvalue weighted by Gasteiger charge is 2.43. The van der Waals surface area contributed by atoms with Crippen molar-refractivity contribution in [3.05, 3.63) is 204 Å². The molecule has 0 saturated carbocycles. The summed E-state index contributed by atoms with van der Waals surface area (Å²) in [5.74, 6) is 0. The topological polar surface area (TPSA) is 0 Å². The van der Waals surface area contributed by atoms with E-state index < -0.39 is 0 Å². The van der Waals surface area contributed by atoms with E-state index in [2.05, 4.69) is 182 Å². The first-order chi connectivity index (χ1) is 23.3. The van der Waals surface area contributed by atoms with Crippen LogP contribution in [0.5, 0.6) is 0 Å². The van der Waals surface area contributed by atoms with Crippen LogP contribution >= 0.6 is 0 Å². The lowest BCUT2D eigenvalue weighted by Gasteiger charge is -2.33. The molecule has 0 amide bonds. The molecule has 9 rings (SSSR count). The first-order valence-electron chi connectivity index (χ1n) is 16.6. The van der Waals surface area contributed by atoms with Crippen molar-refractivity contribution in [2.45, 2.75) is 18.3 Å². The van der Waals surface area contributed by atoms with Gasteiger partial charge in [0, 0.05) is 5.41 Å². The fourth-order valence-corrected chi connectivity index (χ4v) is 8.30. The molecule has 0 saturated heterocycles. The van der Waals surface area contributed by atoms with E-state index in [4.69, 9.17) is 0 Å². The van der Waals surface area contributed by atoms with E-state index in [0.717, 1.165) is 12.8 Å². The monoisotopic (exact) mass is 598 g/mol. The second kappa shape index (κ2) is 11.3. The molecule has 0 aliphatic heterocycles. The summed E-state index contributed by atoms with van der Waals surface area (Å²) in [5, 5.41) is 5.15. The van der Waals surface area contributed by atoms with E-state index >= 15 is 0 Å². The van der Waals surface area contributed by atoms with Crippen molar-refractivity contribution in [2.24, 2.45) is 0 Å². The van der Waals surface area contributed by atoms with Gasteiger partial charge in [-0.25, -0.2) is 0 Å². The molecule has 0 unspecified atom stereocenters. The summed E-state index contributed by atoms with van der Waals surface area (Å²) in [6, 6.07) is 67.4. The summed E-state index contributed by atoms with van der Waals surface area (Å²) in [7, 11) is 0. The third kappa shape index (κ3) is 4.52. The summed E-state index contributed by atoms with van der Waals surface area (Å²) in [6.07, 6.45) is 1.87. The van der Waals surface area contributed by atoms with E-state index in [9.17, 15) is 0 Å². The molecule has 0 bridgehead atoms. The van der Waals surface area contributed by atoms with Crippen LogP contribution in [0.3, 0.4) is 0 Å². The summed E-state index contributed by atoms with van der Waals surface area (Å²) in [6.45, 7) is 0. The van der Waals surface area contributed by atoms with Crippen molar-refractivity contribution >= 4 is 21.5 Å². The Bertz CT molecular complexity index is 2290. The number of rotatable bonds is 6. The third-order valence-corrected chi connectivity index (χ3v) is 10.2. The lowest BCUT2D eigenvalue weighted by molar-refractivity contribution is 0.520. The Morgan fingerprint density at radius 1 is 0.319 bits per heavy atom. The normalized spacial score (nSPS) is 13.0. The summed E-state index contributed by atoms with van der Waals surface area (Å²) in [5.41, 5.74) is 13.2. The molecule has 1 aliphatic carbocycles. The Balaban J connectivity index is 1.34. The Kier molecular flexibility index (Phi) is 6.61. The maximum atomic E-state index is 2.54. The number of hydrogen-bond donors (Lipinski definition) is 0. The van der Waals surface area contributed by atoms with Gasteiger partial charge < -0.3 is 0 Å². The van der Waals surface area contributed by atoms with Crippen LogP contribution in [0.25, 0.3) is 54.9 Å². The van der Waals surface area contributed by atoms with E-state index in [-0.39, 0.29) is 5.41 Å². The van der Waals surface area contributed by atoms with Crippen LogP contribution in [0.2, 0.25) is 0 Å². The highest BCUT2D eigenvalue weighted by atomic mass is 14.5. The van der Waals surface area contributed by atoms with Gasteiger partial charge in [0.2, 0.25) is 0 Å². The zero-order chi connectivity index (χ0) is 31.2. The molecule has 8 aromatic carbocycles. The summed E-state index contributed by atoms with van der Waals surface area (Å²) >= 11 is 0. The van der Waals surface area contributed by atoms with Crippen LogP contribution in [-0.4, -0.2) is 0 Å². The van der Waals surface area contributed by atoms with Gasteiger partial charge >= 0.3 is 0 Å². The van der Waals surface area contributed by atoms with Crippen molar-refractivity contribution in [3.8, 4) is 33.4 Å². The number of hydrogen-bond acceptors (Lipinski definition) is 0. The lowest BCUT2D eigenvalue weighted by Crippen LogP contribution is -2.31. The SMILES string of the molecule is c1ccc(CC2(Cc3ccccc3)c3ccccc3-c3ccc(-c4c5ccccc5c(-c5ccccc5)c5ccccc45)cc32)cc1. The van der Waals surface area contributed by atoms with Crippen molar-refractivity contribution in [1.82, 2.24) is 0 Å². The minimum Gasteiger partial charge on any atom is -0.0622 e. The van der Waals surface area contributed by atoms with Crippen molar-refractivity contribution < 1.29 is 0 Å². The van der Waals surface area contributed by atoms with E-state index in [0.29, 0.717) is 0 Å². The molecule has 0 nitrogen and oxygen atoms in total. The van der Waals surface area contributed by atoms with E-state index in [1.165, 1.54) is 77.2 Å². The Hall–Kier alpha value is -5.72. The van der Waals surface area contributed by atoms with Crippen molar-refractivity contribution in [2.75, 3.05) is 0 Å². The third-order valence-electron chi connectivity index (χ3n) is 10.2. The molecule has 8 aromatic rings. The van der Waals surface area contributed by atoms with Crippen LogP contribution in [0.1, 0.15) is 22.3 Å².